The molecule has 0 aromatic heterocycles. The molecule has 2 heterocycles. The summed E-state index contributed by atoms with van der Waals surface area (Å²) in [7, 11) is 2.14. The number of likely N-dealkylation sites (N-methyl/N-ethyl adjacent to an activating group) is 1. The Balaban J connectivity index is 1.67. The Morgan fingerprint density at radius 2 is 1.79 bits per heavy atom. The second-order valence-electron chi connectivity index (χ2n) is 7.12. The van der Waals surface area contributed by atoms with Crippen molar-refractivity contribution in [3.8, 4) is 0 Å². The molecule has 3 nitrogen and oxygen atoms in total. The minimum atomic E-state index is -4.13. The minimum Gasteiger partial charge on any atom is -0.304 e. The third kappa shape index (κ3) is 4.29. The molecule has 1 unspecified atom stereocenters. The Hall–Kier alpha value is -1.11. The number of halogens is 3. The molecule has 1 fully saturated rings. The predicted molar refractivity (Wildman–Crippen MR) is 89.0 cm³/mol. The number of rotatable bonds is 3. The molecule has 0 amide bonds. The monoisotopic (exact) mass is 341 g/mol. The lowest BCUT2D eigenvalue weighted by Crippen LogP contribution is -2.44. The van der Waals surface area contributed by atoms with E-state index in [1.807, 2.05) is 13.0 Å². The molecule has 1 saturated heterocycles. The Morgan fingerprint density at radius 1 is 1.08 bits per heavy atom. The average molecular weight is 341 g/mol. The van der Waals surface area contributed by atoms with Gasteiger partial charge in [-0.25, -0.2) is 0 Å². The van der Waals surface area contributed by atoms with Crippen molar-refractivity contribution in [1.82, 2.24) is 14.7 Å². The third-order valence-electron chi connectivity index (χ3n) is 5.26. The van der Waals surface area contributed by atoms with E-state index in [0.29, 0.717) is 13.0 Å². The van der Waals surface area contributed by atoms with Gasteiger partial charge >= 0.3 is 6.18 Å². The molecule has 0 radical (unpaired) electrons. The van der Waals surface area contributed by atoms with Crippen molar-refractivity contribution in [2.45, 2.75) is 32.1 Å². The van der Waals surface area contributed by atoms with Crippen molar-refractivity contribution in [2.75, 3.05) is 46.3 Å². The standard InChI is InChI=1S/C18H26F3N3/c1-14-17-4-3-15(12-23-9-7-22(2)8-10-23)11-16(17)5-6-24(14)13-18(19,20)21/h3-4,11,14H,5-10,12-13H2,1-2H3. The normalized spacial score (nSPS) is 24.1. The second kappa shape index (κ2) is 7.02. The molecule has 0 spiro atoms. The molecule has 0 aliphatic carbocycles. The van der Waals surface area contributed by atoms with Gasteiger partial charge in [-0.2, -0.15) is 13.2 Å². The summed E-state index contributed by atoms with van der Waals surface area (Å²) in [4.78, 5) is 6.31. The SMILES string of the molecule is CC1c2ccc(CN3CCN(C)CC3)cc2CCN1CC(F)(F)F. The van der Waals surface area contributed by atoms with Crippen molar-refractivity contribution in [1.29, 1.82) is 0 Å². The zero-order valence-electron chi connectivity index (χ0n) is 14.4. The fourth-order valence-electron chi connectivity index (χ4n) is 3.75. The largest absolute Gasteiger partial charge is 0.401 e. The van der Waals surface area contributed by atoms with E-state index in [9.17, 15) is 13.2 Å². The van der Waals surface area contributed by atoms with Crippen LogP contribution in [0.5, 0.6) is 0 Å². The highest BCUT2D eigenvalue weighted by molar-refractivity contribution is 5.36. The first kappa shape index (κ1) is 17.7. The van der Waals surface area contributed by atoms with Crippen molar-refractivity contribution in [3.63, 3.8) is 0 Å². The summed E-state index contributed by atoms with van der Waals surface area (Å²) in [6, 6.07) is 6.15. The molecular weight excluding hydrogens is 315 g/mol. The number of piperazine rings is 1. The summed E-state index contributed by atoms with van der Waals surface area (Å²) in [5, 5.41) is 0. The fraction of sp³-hybridized carbons (Fsp3) is 0.667. The lowest BCUT2D eigenvalue weighted by atomic mass is 9.91. The third-order valence-corrected chi connectivity index (χ3v) is 5.26. The lowest BCUT2D eigenvalue weighted by Gasteiger charge is -2.36. The molecule has 0 N–H and O–H groups in total. The van der Waals surface area contributed by atoms with Gasteiger partial charge in [0.1, 0.15) is 0 Å². The number of hydrogen-bond donors (Lipinski definition) is 0. The van der Waals surface area contributed by atoms with E-state index in [-0.39, 0.29) is 6.04 Å². The molecule has 6 heteroatoms. The quantitative estimate of drug-likeness (QED) is 0.837. The molecule has 134 valence electrons. The van der Waals surface area contributed by atoms with Gasteiger partial charge in [-0.05, 0) is 37.1 Å². The maximum atomic E-state index is 12.7. The molecule has 2 aliphatic heterocycles. The maximum Gasteiger partial charge on any atom is 0.401 e. The van der Waals surface area contributed by atoms with Crippen LogP contribution in [-0.2, 0) is 13.0 Å². The van der Waals surface area contributed by atoms with Crippen LogP contribution in [0.1, 0.15) is 29.7 Å². The van der Waals surface area contributed by atoms with Crippen LogP contribution in [0.2, 0.25) is 0 Å². The van der Waals surface area contributed by atoms with Crippen LogP contribution in [0.3, 0.4) is 0 Å². The van der Waals surface area contributed by atoms with E-state index in [1.165, 1.54) is 16.0 Å². The topological polar surface area (TPSA) is 9.72 Å². The van der Waals surface area contributed by atoms with Crippen LogP contribution in [0.15, 0.2) is 18.2 Å². The van der Waals surface area contributed by atoms with Crippen LogP contribution >= 0.6 is 0 Å². The highest BCUT2D eigenvalue weighted by Crippen LogP contribution is 2.32. The van der Waals surface area contributed by atoms with E-state index in [4.69, 9.17) is 0 Å². The van der Waals surface area contributed by atoms with Gasteiger partial charge in [-0.15, -0.1) is 0 Å². The minimum absolute atomic E-state index is 0.173. The number of benzene rings is 1. The van der Waals surface area contributed by atoms with Crippen molar-refractivity contribution in [3.05, 3.63) is 34.9 Å². The summed E-state index contributed by atoms with van der Waals surface area (Å²) in [5.41, 5.74) is 3.54. The maximum absolute atomic E-state index is 12.7. The van der Waals surface area contributed by atoms with Crippen LogP contribution in [0.4, 0.5) is 13.2 Å². The first-order chi connectivity index (χ1) is 11.3. The molecule has 1 aromatic carbocycles. The zero-order valence-corrected chi connectivity index (χ0v) is 14.4. The van der Waals surface area contributed by atoms with E-state index in [2.05, 4.69) is 29.0 Å². The van der Waals surface area contributed by atoms with Crippen molar-refractivity contribution in [2.24, 2.45) is 0 Å². The summed E-state index contributed by atoms with van der Waals surface area (Å²) in [5.74, 6) is 0. The first-order valence-electron chi connectivity index (χ1n) is 8.65. The van der Waals surface area contributed by atoms with Gasteiger partial charge < -0.3 is 4.90 Å². The number of alkyl halides is 3. The molecule has 0 saturated carbocycles. The van der Waals surface area contributed by atoms with Crippen LogP contribution < -0.4 is 0 Å². The molecule has 2 aliphatic rings. The van der Waals surface area contributed by atoms with Gasteiger partial charge in [-0.1, -0.05) is 18.2 Å². The molecule has 24 heavy (non-hydrogen) atoms. The molecule has 1 aromatic rings. The van der Waals surface area contributed by atoms with Crippen LogP contribution in [0.25, 0.3) is 0 Å². The molecule has 3 rings (SSSR count). The second-order valence-corrected chi connectivity index (χ2v) is 7.12. The van der Waals surface area contributed by atoms with E-state index >= 15 is 0 Å². The number of hydrogen-bond acceptors (Lipinski definition) is 3. The summed E-state index contributed by atoms with van der Waals surface area (Å²) in [6.07, 6.45) is -3.43. The van der Waals surface area contributed by atoms with Gasteiger partial charge in [0, 0.05) is 45.3 Å². The highest BCUT2D eigenvalue weighted by atomic mass is 19.4. The summed E-state index contributed by atoms with van der Waals surface area (Å²) in [6.45, 7) is 6.80. The zero-order chi connectivity index (χ0) is 17.3. The molecule has 1 atom stereocenters. The Morgan fingerprint density at radius 3 is 2.46 bits per heavy atom. The summed E-state index contributed by atoms with van der Waals surface area (Å²) >= 11 is 0. The van der Waals surface area contributed by atoms with Crippen molar-refractivity contribution >= 4 is 0 Å². The van der Waals surface area contributed by atoms with Crippen LogP contribution in [-0.4, -0.2) is 67.2 Å². The molecular formula is C18H26F3N3. The number of nitrogens with zero attached hydrogens (tertiary/aromatic N) is 3. The first-order valence-corrected chi connectivity index (χ1v) is 8.65. The highest BCUT2D eigenvalue weighted by Gasteiger charge is 2.35. The van der Waals surface area contributed by atoms with Gasteiger partial charge in [0.15, 0.2) is 0 Å². The molecule has 0 bridgehead atoms. The average Bonchev–Trinajstić information content (AvgIpc) is 2.51. The smallest absolute Gasteiger partial charge is 0.304 e. The Labute approximate surface area is 142 Å². The summed E-state index contributed by atoms with van der Waals surface area (Å²) < 4.78 is 38.1. The van der Waals surface area contributed by atoms with Crippen molar-refractivity contribution < 1.29 is 13.2 Å². The fourth-order valence-corrected chi connectivity index (χ4v) is 3.75. The lowest BCUT2D eigenvalue weighted by molar-refractivity contribution is -0.151. The van der Waals surface area contributed by atoms with Gasteiger partial charge in [0.25, 0.3) is 0 Å². The predicted octanol–water partition coefficient (Wildman–Crippen LogP) is 2.92. The Kier molecular flexibility index (Phi) is 5.18. The van der Waals surface area contributed by atoms with Gasteiger partial charge in [0.05, 0.1) is 6.54 Å². The van der Waals surface area contributed by atoms with E-state index in [1.54, 1.807) is 0 Å². The van der Waals surface area contributed by atoms with Crippen LogP contribution in [0, 0.1) is 0 Å². The number of fused-ring (bicyclic) bond motifs is 1. The van der Waals surface area contributed by atoms with E-state index in [0.717, 1.165) is 38.3 Å². The Bertz CT molecular complexity index is 565. The van der Waals surface area contributed by atoms with E-state index < -0.39 is 12.7 Å². The van der Waals surface area contributed by atoms with Gasteiger partial charge in [0.2, 0.25) is 0 Å². The van der Waals surface area contributed by atoms with Gasteiger partial charge in [-0.3, -0.25) is 9.80 Å².